The number of halogens is 1. The first-order valence-electron chi connectivity index (χ1n) is 8.72. The van der Waals surface area contributed by atoms with Gasteiger partial charge in [-0.25, -0.2) is 13.2 Å². The zero-order chi connectivity index (χ0) is 20.2. The fraction of sp³-hybridized carbons (Fsp3) is 0.556. The van der Waals surface area contributed by atoms with Crippen molar-refractivity contribution >= 4 is 33.6 Å². The minimum absolute atomic E-state index is 0.299. The van der Waals surface area contributed by atoms with Gasteiger partial charge < -0.3 is 9.64 Å². The molecule has 1 aliphatic heterocycles. The van der Waals surface area contributed by atoms with Gasteiger partial charge in [-0.05, 0) is 51.3 Å². The third-order valence-corrected chi connectivity index (χ3v) is 5.52. The van der Waals surface area contributed by atoms with Gasteiger partial charge in [0.1, 0.15) is 5.60 Å². The average molecular weight is 417 g/mol. The number of sulfonamides is 1. The van der Waals surface area contributed by atoms with Crippen molar-refractivity contribution in [2.45, 2.75) is 45.0 Å². The summed E-state index contributed by atoms with van der Waals surface area (Å²) in [5, 5.41) is 0.511. The smallest absolute Gasteiger partial charge is 0.410 e. The second-order valence-corrected chi connectivity index (χ2v) is 9.75. The summed E-state index contributed by atoms with van der Waals surface area (Å²) in [7, 11) is -3.80. The highest BCUT2D eigenvalue weighted by Gasteiger charge is 2.31. The molecule has 0 radical (unpaired) electrons. The van der Waals surface area contributed by atoms with Crippen LogP contribution in [0.4, 0.5) is 4.79 Å². The summed E-state index contributed by atoms with van der Waals surface area (Å²) in [5.41, 5.74) is -0.0411. The number of nitrogens with one attached hydrogen (secondary N) is 1. The molecule has 0 atom stereocenters. The predicted molar refractivity (Wildman–Crippen MR) is 103 cm³/mol. The zero-order valence-corrected chi connectivity index (χ0v) is 17.3. The van der Waals surface area contributed by atoms with E-state index in [1.54, 1.807) is 45.0 Å². The maximum Gasteiger partial charge on any atom is 0.410 e. The highest BCUT2D eigenvalue weighted by Crippen LogP contribution is 2.20. The number of carbonyl (C=O) groups is 2. The maximum atomic E-state index is 12.3. The van der Waals surface area contributed by atoms with Crippen LogP contribution in [0, 0.1) is 5.92 Å². The van der Waals surface area contributed by atoms with Crippen LogP contribution in [-0.2, 0) is 25.3 Å². The highest BCUT2D eigenvalue weighted by atomic mass is 35.5. The Morgan fingerprint density at radius 2 is 1.74 bits per heavy atom. The van der Waals surface area contributed by atoms with Gasteiger partial charge in [0.25, 0.3) is 0 Å². The topological polar surface area (TPSA) is 92.8 Å². The van der Waals surface area contributed by atoms with Gasteiger partial charge in [0.15, 0.2) is 0 Å². The Morgan fingerprint density at radius 3 is 2.26 bits per heavy atom. The molecule has 150 valence electrons. The summed E-state index contributed by atoms with van der Waals surface area (Å²) in [4.78, 5) is 25.9. The van der Waals surface area contributed by atoms with Crippen LogP contribution in [0.2, 0.25) is 5.02 Å². The Labute approximate surface area is 165 Å². The van der Waals surface area contributed by atoms with Crippen molar-refractivity contribution in [2.75, 3.05) is 13.1 Å². The molecule has 0 bridgehead atoms. The zero-order valence-electron chi connectivity index (χ0n) is 15.7. The molecule has 1 heterocycles. The lowest BCUT2D eigenvalue weighted by Crippen LogP contribution is -2.45. The van der Waals surface area contributed by atoms with Crippen LogP contribution in [0.25, 0.3) is 0 Å². The Balaban J connectivity index is 1.86. The second-order valence-electron chi connectivity index (χ2n) is 7.59. The minimum Gasteiger partial charge on any atom is -0.444 e. The van der Waals surface area contributed by atoms with Gasteiger partial charge in [-0.1, -0.05) is 23.7 Å². The van der Waals surface area contributed by atoms with Crippen molar-refractivity contribution in [3.05, 3.63) is 34.9 Å². The van der Waals surface area contributed by atoms with Crippen LogP contribution in [0.3, 0.4) is 0 Å². The number of hydrogen-bond donors (Lipinski definition) is 1. The van der Waals surface area contributed by atoms with E-state index >= 15 is 0 Å². The predicted octanol–water partition coefficient (Wildman–Crippen LogP) is 2.93. The standard InChI is InChI=1S/C18H25ClN2O5S/c1-18(2,3)26-17(23)21-10-8-14(9-11-21)16(22)20-27(24,25)12-13-4-6-15(19)7-5-13/h4-7,14H,8-12H2,1-3H3,(H,20,22). The van der Waals surface area contributed by atoms with E-state index in [1.165, 1.54) is 4.90 Å². The van der Waals surface area contributed by atoms with Crippen molar-refractivity contribution < 1.29 is 22.7 Å². The fourth-order valence-corrected chi connectivity index (χ4v) is 4.03. The Kier molecular flexibility index (Phi) is 6.75. The van der Waals surface area contributed by atoms with E-state index < -0.39 is 33.5 Å². The molecule has 27 heavy (non-hydrogen) atoms. The van der Waals surface area contributed by atoms with E-state index in [-0.39, 0.29) is 5.75 Å². The van der Waals surface area contributed by atoms with Gasteiger partial charge in [-0.3, -0.25) is 9.52 Å². The first-order chi connectivity index (χ1) is 12.5. The summed E-state index contributed by atoms with van der Waals surface area (Å²) in [6.07, 6.45) is 0.361. The van der Waals surface area contributed by atoms with Gasteiger partial charge in [0.05, 0.1) is 5.75 Å². The van der Waals surface area contributed by atoms with Crippen LogP contribution >= 0.6 is 11.6 Å². The number of hydrogen-bond acceptors (Lipinski definition) is 5. The van der Waals surface area contributed by atoms with Crippen molar-refractivity contribution in [3.63, 3.8) is 0 Å². The van der Waals surface area contributed by atoms with E-state index in [4.69, 9.17) is 16.3 Å². The van der Waals surface area contributed by atoms with Crippen LogP contribution in [0.1, 0.15) is 39.2 Å². The lowest BCUT2D eigenvalue weighted by atomic mass is 9.97. The van der Waals surface area contributed by atoms with E-state index in [9.17, 15) is 18.0 Å². The Bertz CT molecular complexity index is 779. The van der Waals surface area contributed by atoms with Gasteiger partial charge in [-0.15, -0.1) is 0 Å². The summed E-state index contributed by atoms with van der Waals surface area (Å²) in [5.74, 6) is -1.29. The van der Waals surface area contributed by atoms with Gasteiger partial charge >= 0.3 is 6.09 Å². The molecule has 1 aliphatic rings. The normalized spacial score (nSPS) is 16.1. The Hall–Kier alpha value is -1.80. The lowest BCUT2D eigenvalue weighted by Gasteiger charge is -2.32. The summed E-state index contributed by atoms with van der Waals surface area (Å²) >= 11 is 5.78. The first-order valence-corrected chi connectivity index (χ1v) is 10.7. The molecule has 1 aromatic carbocycles. The molecule has 7 nitrogen and oxygen atoms in total. The molecule has 0 spiro atoms. The summed E-state index contributed by atoms with van der Waals surface area (Å²) in [6, 6.07) is 6.40. The minimum atomic E-state index is -3.80. The molecule has 2 amide bonds. The van der Waals surface area contributed by atoms with E-state index in [0.29, 0.717) is 36.5 Å². The Morgan fingerprint density at radius 1 is 1.19 bits per heavy atom. The molecule has 0 aliphatic carbocycles. The molecule has 0 saturated carbocycles. The highest BCUT2D eigenvalue weighted by molar-refractivity contribution is 7.89. The van der Waals surface area contributed by atoms with Crippen LogP contribution < -0.4 is 4.72 Å². The molecule has 0 unspecified atom stereocenters. The van der Waals surface area contributed by atoms with Crippen molar-refractivity contribution in [1.29, 1.82) is 0 Å². The molecule has 2 rings (SSSR count). The maximum absolute atomic E-state index is 12.3. The number of rotatable bonds is 4. The number of likely N-dealkylation sites (tertiary alicyclic amines) is 1. The summed E-state index contributed by atoms with van der Waals surface area (Å²) in [6.45, 7) is 6.07. The first kappa shape index (κ1) is 21.5. The second kappa shape index (κ2) is 8.48. The van der Waals surface area contributed by atoms with Gasteiger partial charge in [0.2, 0.25) is 15.9 Å². The number of ether oxygens (including phenoxy) is 1. The van der Waals surface area contributed by atoms with Crippen LogP contribution in [0.15, 0.2) is 24.3 Å². The number of amides is 2. The molecule has 0 aromatic heterocycles. The average Bonchev–Trinajstić information content (AvgIpc) is 2.55. The van der Waals surface area contributed by atoms with Crippen molar-refractivity contribution in [2.24, 2.45) is 5.92 Å². The third kappa shape index (κ3) is 7.03. The third-order valence-electron chi connectivity index (χ3n) is 4.04. The molecule has 1 N–H and O–H groups in total. The number of benzene rings is 1. The number of carbonyl (C=O) groups excluding carboxylic acids is 2. The number of nitrogens with zero attached hydrogens (tertiary/aromatic N) is 1. The van der Waals surface area contributed by atoms with Gasteiger partial charge in [-0.2, -0.15) is 0 Å². The molecular formula is C18H25ClN2O5S. The molecule has 1 aromatic rings. The SMILES string of the molecule is CC(C)(C)OC(=O)N1CCC(C(=O)NS(=O)(=O)Cc2ccc(Cl)cc2)CC1. The molecule has 1 fully saturated rings. The monoisotopic (exact) mass is 416 g/mol. The summed E-state index contributed by atoms with van der Waals surface area (Å²) < 4.78 is 31.9. The molecular weight excluding hydrogens is 392 g/mol. The lowest BCUT2D eigenvalue weighted by molar-refractivity contribution is -0.124. The quantitative estimate of drug-likeness (QED) is 0.814. The fourth-order valence-electron chi connectivity index (χ4n) is 2.72. The van der Waals surface area contributed by atoms with Crippen molar-refractivity contribution in [1.82, 2.24) is 9.62 Å². The van der Waals surface area contributed by atoms with E-state index in [0.717, 1.165) is 0 Å². The largest absolute Gasteiger partial charge is 0.444 e. The van der Waals surface area contributed by atoms with Gasteiger partial charge in [0, 0.05) is 24.0 Å². The van der Waals surface area contributed by atoms with Crippen LogP contribution in [0.5, 0.6) is 0 Å². The van der Waals surface area contributed by atoms with E-state index in [2.05, 4.69) is 4.72 Å². The van der Waals surface area contributed by atoms with E-state index in [1.807, 2.05) is 0 Å². The molecule has 9 heteroatoms. The van der Waals surface area contributed by atoms with Crippen LogP contribution in [-0.4, -0.2) is 44.0 Å². The van der Waals surface area contributed by atoms with Crippen molar-refractivity contribution in [3.8, 4) is 0 Å². The molecule has 1 saturated heterocycles. The number of piperidine rings is 1.